The van der Waals surface area contributed by atoms with E-state index in [0.29, 0.717) is 5.41 Å². The summed E-state index contributed by atoms with van der Waals surface area (Å²) < 4.78 is 0. The summed E-state index contributed by atoms with van der Waals surface area (Å²) in [6.45, 7) is 10.8. The molecule has 260 valence electrons. The molecule has 0 atom stereocenters. The maximum absolute atomic E-state index is 3.69. The molecule has 0 aliphatic heterocycles. The van der Waals surface area contributed by atoms with Gasteiger partial charge in [0.05, 0.1) is 0 Å². The van der Waals surface area contributed by atoms with Crippen molar-refractivity contribution in [1.82, 2.24) is 0 Å². The molecule has 0 amide bonds. The quantitative estimate of drug-likeness (QED) is 0.0487. The molecule has 0 nitrogen and oxygen atoms in total. The maximum atomic E-state index is 3.69. The number of unbranched alkanes of at least 4 members (excludes halogenated alkanes) is 32. The summed E-state index contributed by atoms with van der Waals surface area (Å²) in [6.07, 6.45) is 59.9. The van der Waals surface area contributed by atoms with Gasteiger partial charge in [-0.25, -0.2) is 0 Å². The fourth-order valence-corrected chi connectivity index (χ4v) is 6.54. The molecule has 0 bridgehead atoms. The van der Waals surface area contributed by atoms with E-state index in [0.717, 1.165) is 0 Å². The SMILES string of the molecule is C=CC=CC=CCCCCCCCCCCCCCCCCCCCCCCCCCCCCCCCCCCC(C)(C)C. The first-order chi connectivity index (χ1) is 21.6. The highest BCUT2D eigenvalue weighted by Gasteiger charge is 2.08. The Kier molecular flexibility index (Phi) is 36.0. The summed E-state index contributed by atoms with van der Waals surface area (Å²) in [6, 6.07) is 0. The molecule has 0 aliphatic rings. The Hall–Kier alpha value is -0.780. The molecular formula is C44H84. The van der Waals surface area contributed by atoms with Crippen LogP contribution in [0, 0.1) is 5.41 Å². The van der Waals surface area contributed by atoms with E-state index in [9.17, 15) is 0 Å². The highest BCUT2D eigenvalue weighted by Crippen LogP contribution is 2.23. The second-order valence-corrected chi connectivity index (χ2v) is 15.5. The van der Waals surface area contributed by atoms with Gasteiger partial charge in [-0.05, 0) is 24.7 Å². The van der Waals surface area contributed by atoms with E-state index in [2.05, 4.69) is 45.6 Å². The predicted octanol–water partition coefficient (Wildman–Crippen LogP) is 16.6. The van der Waals surface area contributed by atoms with Crippen LogP contribution in [0.5, 0.6) is 0 Å². The molecule has 0 radical (unpaired) electrons. The third kappa shape index (κ3) is 41.2. The Labute approximate surface area is 280 Å². The first-order valence-electron chi connectivity index (χ1n) is 20.5. The van der Waals surface area contributed by atoms with Crippen LogP contribution >= 0.6 is 0 Å². The first kappa shape index (κ1) is 43.2. The smallest absolute Gasteiger partial charge is 0.0348 e. The molecule has 0 aromatic rings. The van der Waals surface area contributed by atoms with Crippen molar-refractivity contribution in [2.45, 2.75) is 239 Å². The molecule has 0 spiro atoms. The fourth-order valence-electron chi connectivity index (χ4n) is 6.54. The molecule has 0 N–H and O–H groups in total. The third-order valence-electron chi connectivity index (χ3n) is 9.54. The lowest BCUT2D eigenvalue weighted by Gasteiger charge is -2.17. The Bertz CT molecular complexity index is 588. The minimum Gasteiger partial charge on any atom is -0.0991 e. The molecule has 44 heavy (non-hydrogen) atoms. The molecule has 0 saturated carbocycles. The second kappa shape index (κ2) is 36.7. The van der Waals surface area contributed by atoms with Crippen molar-refractivity contribution in [3.63, 3.8) is 0 Å². The summed E-state index contributed by atoms with van der Waals surface area (Å²) in [5.74, 6) is 0. The van der Waals surface area contributed by atoms with Crippen molar-refractivity contribution in [3.05, 3.63) is 37.0 Å². The highest BCUT2D eigenvalue weighted by molar-refractivity contribution is 5.08. The molecule has 0 aromatic heterocycles. The average Bonchev–Trinajstić information content (AvgIpc) is 3.00. The molecule has 0 saturated heterocycles. The molecule has 0 fully saturated rings. The molecule has 0 unspecified atom stereocenters. The molecule has 0 aliphatic carbocycles. The monoisotopic (exact) mass is 613 g/mol. The second-order valence-electron chi connectivity index (χ2n) is 15.5. The lowest BCUT2D eigenvalue weighted by Crippen LogP contribution is -2.03. The van der Waals surface area contributed by atoms with Crippen LogP contribution in [-0.2, 0) is 0 Å². The summed E-state index contributed by atoms with van der Waals surface area (Å²) in [5, 5.41) is 0. The highest BCUT2D eigenvalue weighted by atomic mass is 14.1. The topological polar surface area (TPSA) is 0 Å². The average molecular weight is 613 g/mol. The van der Waals surface area contributed by atoms with Crippen LogP contribution in [-0.4, -0.2) is 0 Å². The first-order valence-corrected chi connectivity index (χ1v) is 20.5. The van der Waals surface area contributed by atoms with E-state index >= 15 is 0 Å². The molecule has 0 heteroatoms. The van der Waals surface area contributed by atoms with Gasteiger partial charge in [0.2, 0.25) is 0 Å². The predicted molar refractivity (Wildman–Crippen MR) is 205 cm³/mol. The lowest BCUT2D eigenvalue weighted by molar-refractivity contribution is 0.356. The zero-order valence-electron chi connectivity index (χ0n) is 31.1. The molecular weight excluding hydrogens is 528 g/mol. The van der Waals surface area contributed by atoms with Crippen LogP contribution in [0.3, 0.4) is 0 Å². The summed E-state index contributed by atoms with van der Waals surface area (Å²) >= 11 is 0. The number of rotatable bonds is 36. The van der Waals surface area contributed by atoms with E-state index in [4.69, 9.17) is 0 Å². The maximum Gasteiger partial charge on any atom is -0.0348 e. The Balaban J connectivity index is 3.08. The van der Waals surface area contributed by atoms with Gasteiger partial charge >= 0.3 is 0 Å². The summed E-state index contributed by atoms with van der Waals surface area (Å²) in [4.78, 5) is 0. The van der Waals surface area contributed by atoms with Gasteiger partial charge in [-0.15, -0.1) is 0 Å². The van der Waals surface area contributed by atoms with Crippen LogP contribution < -0.4 is 0 Å². The van der Waals surface area contributed by atoms with Crippen LogP contribution in [0.2, 0.25) is 0 Å². The van der Waals surface area contributed by atoms with Gasteiger partial charge in [0, 0.05) is 0 Å². The van der Waals surface area contributed by atoms with E-state index in [1.165, 1.54) is 218 Å². The summed E-state index contributed by atoms with van der Waals surface area (Å²) in [5.41, 5.74) is 0.530. The zero-order valence-corrected chi connectivity index (χ0v) is 31.1. The van der Waals surface area contributed by atoms with Gasteiger partial charge in [0.1, 0.15) is 0 Å². The van der Waals surface area contributed by atoms with Gasteiger partial charge in [-0.1, -0.05) is 257 Å². The van der Waals surface area contributed by atoms with Gasteiger partial charge in [-0.3, -0.25) is 0 Å². The molecule has 0 aromatic carbocycles. The van der Waals surface area contributed by atoms with E-state index in [1.807, 2.05) is 12.2 Å². The normalized spacial score (nSPS) is 12.2. The molecule has 0 heterocycles. The van der Waals surface area contributed by atoms with Gasteiger partial charge in [0.15, 0.2) is 0 Å². The van der Waals surface area contributed by atoms with Gasteiger partial charge in [-0.2, -0.15) is 0 Å². The van der Waals surface area contributed by atoms with Crippen LogP contribution in [0.25, 0.3) is 0 Å². The van der Waals surface area contributed by atoms with Crippen molar-refractivity contribution < 1.29 is 0 Å². The minimum atomic E-state index is 0.530. The number of hydrogen-bond donors (Lipinski definition) is 0. The van der Waals surface area contributed by atoms with E-state index in [-0.39, 0.29) is 0 Å². The largest absolute Gasteiger partial charge is 0.0991 e. The fraction of sp³-hybridized carbons (Fsp3) is 0.864. The van der Waals surface area contributed by atoms with Gasteiger partial charge in [0.25, 0.3) is 0 Å². The summed E-state index contributed by atoms with van der Waals surface area (Å²) in [7, 11) is 0. The Morgan fingerprint density at radius 1 is 0.318 bits per heavy atom. The van der Waals surface area contributed by atoms with E-state index in [1.54, 1.807) is 0 Å². The molecule has 0 rings (SSSR count). The van der Waals surface area contributed by atoms with Crippen molar-refractivity contribution in [3.8, 4) is 0 Å². The zero-order chi connectivity index (χ0) is 32.1. The van der Waals surface area contributed by atoms with Crippen LogP contribution in [0.1, 0.15) is 239 Å². The van der Waals surface area contributed by atoms with Crippen LogP contribution in [0.4, 0.5) is 0 Å². The van der Waals surface area contributed by atoms with E-state index < -0.39 is 0 Å². The standard InChI is InChI=1S/C44H84/c1-5-6-7-8-9-10-11-12-13-14-15-16-17-18-19-20-21-22-23-24-25-26-27-28-29-30-31-32-33-34-35-36-37-38-39-40-41-42-43-44(2,3)4/h5-9H,1,10-43H2,2-4H3. The minimum absolute atomic E-state index is 0.530. The Morgan fingerprint density at radius 2 is 0.568 bits per heavy atom. The van der Waals surface area contributed by atoms with Crippen molar-refractivity contribution in [1.29, 1.82) is 0 Å². The van der Waals surface area contributed by atoms with Gasteiger partial charge < -0.3 is 0 Å². The third-order valence-corrected chi connectivity index (χ3v) is 9.54. The Morgan fingerprint density at radius 3 is 0.818 bits per heavy atom. The number of hydrogen-bond acceptors (Lipinski definition) is 0. The number of allylic oxidation sites excluding steroid dienone is 5. The van der Waals surface area contributed by atoms with Crippen molar-refractivity contribution in [2.75, 3.05) is 0 Å². The van der Waals surface area contributed by atoms with Crippen molar-refractivity contribution >= 4 is 0 Å². The lowest BCUT2D eigenvalue weighted by atomic mass is 9.89. The van der Waals surface area contributed by atoms with Crippen molar-refractivity contribution in [2.24, 2.45) is 5.41 Å². The van der Waals surface area contributed by atoms with Crippen LogP contribution in [0.15, 0.2) is 37.0 Å².